The predicted octanol–water partition coefficient (Wildman–Crippen LogP) is 1.39. The molecule has 5 heteroatoms. The van der Waals surface area contributed by atoms with Gasteiger partial charge >= 0.3 is 0 Å². The van der Waals surface area contributed by atoms with Crippen LogP contribution in [0.1, 0.15) is 15.9 Å². The van der Waals surface area contributed by atoms with E-state index < -0.39 is 6.04 Å². The summed E-state index contributed by atoms with van der Waals surface area (Å²) in [5.41, 5.74) is 1.34. The molecule has 0 radical (unpaired) electrons. The highest BCUT2D eigenvalue weighted by Gasteiger charge is 2.14. The Hall–Kier alpha value is -1.10. The maximum Gasteiger partial charge on any atom is 0.251 e. The zero-order chi connectivity index (χ0) is 12.8. The average Bonchev–Trinajstić information content (AvgIpc) is 2.31. The molecular weight excluding hydrogens is 242 g/mol. The van der Waals surface area contributed by atoms with Gasteiger partial charge in [-0.15, -0.1) is 0 Å². The van der Waals surface area contributed by atoms with Gasteiger partial charge in [0.25, 0.3) is 5.91 Å². The van der Waals surface area contributed by atoms with Crippen molar-refractivity contribution in [3.63, 3.8) is 0 Å². The molecule has 1 rings (SSSR count). The van der Waals surface area contributed by atoms with E-state index in [9.17, 15) is 4.79 Å². The van der Waals surface area contributed by atoms with Gasteiger partial charge in [0, 0.05) is 17.7 Å². The number of carbonyl (C=O) groups is 1. The first-order chi connectivity index (χ1) is 8.08. The number of benzene rings is 1. The van der Waals surface area contributed by atoms with Gasteiger partial charge in [0.1, 0.15) is 0 Å². The van der Waals surface area contributed by atoms with E-state index >= 15 is 0 Å². The molecule has 0 saturated heterocycles. The van der Waals surface area contributed by atoms with E-state index in [0.29, 0.717) is 10.6 Å². The second kappa shape index (κ2) is 6.59. The predicted molar refractivity (Wildman–Crippen MR) is 66.4 cm³/mol. The molecule has 0 aliphatic carbocycles. The third-order valence-corrected chi connectivity index (χ3v) is 2.60. The van der Waals surface area contributed by atoms with E-state index in [-0.39, 0.29) is 19.1 Å². The Morgan fingerprint density at radius 1 is 1.59 bits per heavy atom. The molecular formula is C12H16ClNO3. The van der Waals surface area contributed by atoms with Crippen molar-refractivity contribution in [3.05, 3.63) is 34.3 Å². The van der Waals surface area contributed by atoms with Gasteiger partial charge in [-0.1, -0.05) is 17.7 Å². The van der Waals surface area contributed by atoms with Crippen LogP contribution in [0.2, 0.25) is 5.02 Å². The van der Waals surface area contributed by atoms with Crippen molar-refractivity contribution in [2.24, 2.45) is 0 Å². The lowest BCUT2D eigenvalue weighted by Crippen LogP contribution is -2.40. The summed E-state index contributed by atoms with van der Waals surface area (Å²) in [6.45, 7) is 1.93. The number of hydrogen-bond donors (Lipinski definition) is 2. The van der Waals surface area contributed by atoms with Crippen molar-refractivity contribution in [1.82, 2.24) is 5.32 Å². The molecule has 0 spiro atoms. The van der Waals surface area contributed by atoms with Crippen LogP contribution in [0.15, 0.2) is 18.2 Å². The highest BCUT2D eigenvalue weighted by atomic mass is 35.5. The van der Waals surface area contributed by atoms with Crippen molar-refractivity contribution < 1.29 is 14.6 Å². The van der Waals surface area contributed by atoms with Crippen LogP contribution in [0.5, 0.6) is 0 Å². The second-order valence-corrected chi connectivity index (χ2v) is 4.20. The van der Waals surface area contributed by atoms with E-state index in [1.54, 1.807) is 18.2 Å². The van der Waals surface area contributed by atoms with Gasteiger partial charge in [-0.25, -0.2) is 0 Å². The fraction of sp³-hybridized carbons (Fsp3) is 0.417. The van der Waals surface area contributed by atoms with E-state index in [1.807, 2.05) is 6.92 Å². The van der Waals surface area contributed by atoms with Gasteiger partial charge in [0.2, 0.25) is 0 Å². The highest BCUT2D eigenvalue weighted by Crippen LogP contribution is 2.15. The normalized spacial score (nSPS) is 12.2. The third-order valence-electron chi connectivity index (χ3n) is 2.37. The number of ether oxygens (including phenoxy) is 1. The van der Waals surface area contributed by atoms with Crippen molar-refractivity contribution in [2.45, 2.75) is 13.0 Å². The van der Waals surface area contributed by atoms with E-state index in [4.69, 9.17) is 21.4 Å². The summed E-state index contributed by atoms with van der Waals surface area (Å²) in [5, 5.41) is 12.2. The third kappa shape index (κ3) is 4.00. The Bertz CT molecular complexity index is 395. The van der Waals surface area contributed by atoms with Crippen molar-refractivity contribution >= 4 is 17.5 Å². The molecule has 0 heterocycles. The van der Waals surface area contributed by atoms with Gasteiger partial charge in [-0.05, 0) is 24.6 Å². The summed E-state index contributed by atoms with van der Waals surface area (Å²) in [4.78, 5) is 11.9. The molecule has 0 saturated carbocycles. The van der Waals surface area contributed by atoms with Crippen LogP contribution in [-0.2, 0) is 4.74 Å². The SMILES string of the molecule is COCC(CO)NC(=O)c1cc(Cl)ccc1C. The van der Waals surface area contributed by atoms with Crippen LogP contribution in [0.4, 0.5) is 0 Å². The molecule has 0 fully saturated rings. The first kappa shape index (κ1) is 14.0. The number of halogens is 1. The Balaban J connectivity index is 2.78. The summed E-state index contributed by atoms with van der Waals surface area (Å²) in [7, 11) is 1.51. The minimum absolute atomic E-state index is 0.167. The van der Waals surface area contributed by atoms with Gasteiger partial charge in [-0.3, -0.25) is 4.79 Å². The number of aryl methyl sites for hydroxylation is 1. The average molecular weight is 258 g/mol. The Labute approximate surface area is 106 Å². The van der Waals surface area contributed by atoms with Gasteiger partial charge in [-0.2, -0.15) is 0 Å². The number of amides is 1. The molecule has 1 amide bonds. The lowest BCUT2D eigenvalue weighted by molar-refractivity contribution is 0.0839. The molecule has 1 aromatic rings. The first-order valence-electron chi connectivity index (χ1n) is 5.25. The number of nitrogens with one attached hydrogen (secondary N) is 1. The quantitative estimate of drug-likeness (QED) is 0.838. The van der Waals surface area contributed by atoms with E-state index in [0.717, 1.165) is 5.56 Å². The molecule has 4 nitrogen and oxygen atoms in total. The van der Waals surface area contributed by atoms with E-state index in [2.05, 4.69) is 5.32 Å². The molecule has 17 heavy (non-hydrogen) atoms. The summed E-state index contributed by atoms with van der Waals surface area (Å²) >= 11 is 5.84. The second-order valence-electron chi connectivity index (χ2n) is 3.77. The van der Waals surface area contributed by atoms with Crippen molar-refractivity contribution in [2.75, 3.05) is 20.3 Å². The molecule has 0 aromatic heterocycles. The van der Waals surface area contributed by atoms with Crippen LogP contribution in [0.3, 0.4) is 0 Å². The topological polar surface area (TPSA) is 58.6 Å². The number of hydrogen-bond acceptors (Lipinski definition) is 3. The molecule has 2 N–H and O–H groups in total. The zero-order valence-electron chi connectivity index (χ0n) is 9.87. The van der Waals surface area contributed by atoms with Crippen LogP contribution < -0.4 is 5.32 Å². The summed E-state index contributed by atoms with van der Waals surface area (Å²) < 4.78 is 4.88. The number of carbonyl (C=O) groups excluding carboxylic acids is 1. The molecule has 0 aliphatic heterocycles. The summed E-state index contributed by atoms with van der Waals surface area (Å²) in [6, 6.07) is 4.70. The highest BCUT2D eigenvalue weighted by molar-refractivity contribution is 6.31. The monoisotopic (exact) mass is 257 g/mol. The largest absolute Gasteiger partial charge is 0.394 e. The van der Waals surface area contributed by atoms with Crippen LogP contribution in [-0.4, -0.2) is 37.4 Å². The lowest BCUT2D eigenvalue weighted by atomic mass is 10.1. The summed E-state index contributed by atoms with van der Waals surface area (Å²) in [6.07, 6.45) is 0. The molecule has 0 aliphatic rings. The minimum Gasteiger partial charge on any atom is -0.394 e. The zero-order valence-corrected chi connectivity index (χ0v) is 10.6. The molecule has 1 unspecified atom stereocenters. The molecule has 1 aromatic carbocycles. The fourth-order valence-electron chi connectivity index (χ4n) is 1.44. The van der Waals surface area contributed by atoms with Gasteiger partial charge in [0.15, 0.2) is 0 Å². The lowest BCUT2D eigenvalue weighted by Gasteiger charge is -2.16. The smallest absolute Gasteiger partial charge is 0.251 e. The van der Waals surface area contributed by atoms with Crippen molar-refractivity contribution in [3.8, 4) is 0 Å². The van der Waals surface area contributed by atoms with Crippen LogP contribution >= 0.6 is 11.6 Å². The summed E-state index contributed by atoms with van der Waals surface area (Å²) in [5.74, 6) is -0.263. The molecule has 0 bridgehead atoms. The standard InChI is InChI=1S/C12H16ClNO3/c1-8-3-4-9(13)5-11(8)12(16)14-10(6-15)7-17-2/h3-5,10,15H,6-7H2,1-2H3,(H,14,16). The van der Waals surface area contributed by atoms with Gasteiger partial charge < -0.3 is 15.2 Å². The van der Waals surface area contributed by atoms with Crippen LogP contribution in [0, 0.1) is 6.92 Å². The Morgan fingerprint density at radius 2 is 2.29 bits per heavy atom. The number of rotatable bonds is 5. The Morgan fingerprint density at radius 3 is 2.88 bits per heavy atom. The van der Waals surface area contributed by atoms with Gasteiger partial charge in [0.05, 0.1) is 19.3 Å². The minimum atomic E-state index is -0.411. The van der Waals surface area contributed by atoms with E-state index in [1.165, 1.54) is 7.11 Å². The maximum atomic E-state index is 11.9. The van der Waals surface area contributed by atoms with Crippen molar-refractivity contribution in [1.29, 1.82) is 0 Å². The van der Waals surface area contributed by atoms with Crippen LogP contribution in [0.25, 0.3) is 0 Å². The fourth-order valence-corrected chi connectivity index (χ4v) is 1.62. The first-order valence-corrected chi connectivity index (χ1v) is 5.63. The Kier molecular flexibility index (Phi) is 5.41. The maximum absolute atomic E-state index is 11.9. The molecule has 94 valence electrons. The molecule has 1 atom stereocenters. The number of aliphatic hydroxyl groups is 1. The number of methoxy groups -OCH3 is 1. The number of aliphatic hydroxyl groups excluding tert-OH is 1.